The van der Waals surface area contributed by atoms with E-state index in [1.807, 2.05) is 29.0 Å². The Balaban J connectivity index is 2.10. The highest BCUT2D eigenvalue weighted by Crippen LogP contribution is 2.11. The standard InChI is InChI=1S/C16H22N4O/c1-12(2)8-14(10-17)19-16(21)13-4-3-5-15(9-13)20-7-6-18-11-20/h3-7,9,11-12,14H,8,10,17H2,1-2H3,(H,19,21). The number of amides is 1. The maximum Gasteiger partial charge on any atom is 0.251 e. The number of hydrogen-bond donors (Lipinski definition) is 2. The van der Waals surface area contributed by atoms with Gasteiger partial charge < -0.3 is 15.6 Å². The van der Waals surface area contributed by atoms with Crippen LogP contribution in [0.25, 0.3) is 5.69 Å². The predicted octanol–water partition coefficient (Wildman–Crippen LogP) is 1.98. The second-order valence-corrected chi connectivity index (χ2v) is 5.56. The predicted molar refractivity (Wildman–Crippen MR) is 83.3 cm³/mol. The van der Waals surface area contributed by atoms with Crippen LogP contribution in [0.4, 0.5) is 0 Å². The Morgan fingerprint density at radius 2 is 2.24 bits per heavy atom. The van der Waals surface area contributed by atoms with Crippen LogP contribution in [0.2, 0.25) is 0 Å². The van der Waals surface area contributed by atoms with E-state index in [1.165, 1.54) is 0 Å². The SMILES string of the molecule is CC(C)CC(CN)NC(=O)c1cccc(-n2ccnc2)c1. The van der Waals surface area contributed by atoms with Crippen LogP contribution < -0.4 is 11.1 Å². The fraction of sp³-hybridized carbons (Fsp3) is 0.375. The topological polar surface area (TPSA) is 72.9 Å². The van der Waals surface area contributed by atoms with E-state index in [2.05, 4.69) is 24.1 Å². The van der Waals surface area contributed by atoms with Gasteiger partial charge >= 0.3 is 0 Å². The highest BCUT2D eigenvalue weighted by Gasteiger charge is 2.14. The number of nitrogens with zero attached hydrogens (tertiary/aromatic N) is 2. The van der Waals surface area contributed by atoms with Gasteiger partial charge in [0.25, 0.3) is 5.91 Å². The first kappa shape index (κ1) is 15.3. The number of hydrogen-bond acceptors (Lipinski definition) is 3. The highest BCUT2D eigenvalue weighted by atomic mass is 16.1. The quantitative estimate of drug-likeness (QED) is 0.852. The van der Waals surface area contributed by atoms with Crippen molar-refractivity contribution in [1.82, 2.24) is 14.9 Å². The smallest absolute Gasteiger partial charge is 0.251 e. The molecule has 2 rings (SSSR count). The molecule has 0 saturated heterocycles. The minimum Gasteiger partial charge on any atom is -0.348 e. The lowest BCUT2D eigenvalue weighted by atomic mass is 10.0. The lowest BCUT2D eigenvalue weighted by Gasteiger charge is -2.19. The molecule has 112 valence electrons. The van der Waals surface area contributed by atoms with Crippen molar-refractivity contribution in [3.63, 3.8) is 0 Å². The van der Waals surface area contributed by atoms with Crippen LogP contribution in [0.1, 0.15) is 30.6 Å². The molecule has 3 N–H and O–H groups in total. The van der Waals surface area contributed by atoms with E-state index in [4.69, 9.17) is 5.73 Å². The molecule has 0 aliphatic carbocycles. The maximum absolute atomic E-state index is 12.3. The molecule has 5 nitrogen and oxygen atoms in total. The van der Waals surface area contributed by atoms with Gasteiger partial charge in [-0.25, -0.2) is 4.98 Å². The molecule has 1 heterocycles. The average molecular weight is 286 g/mol. The number of carbonyl (C=O) groups is 1. The van der Waals surface area contributed by atoms with Gasteiger partial charge in [0.15, 0.2) is 0 Å². The van der Waals surface area contributed by atoms with Crippen LogP contribution in [-0.4, -0.2) is 28.0 Å². The molecule has 0 radical (unpaired) electrons. The summed E-state index contributed by atoms with van der Waals surface area (Å²) in [5.74, 6) is 0.407. The Kier molecular flexibility index (Phi) is 5.11. The van der Waals surface area contributed by atoms with Crippen LogP contribution in [0.3, 0.4) is 0 Å². The molecular weight excluding hydrogens is 264 g/mol. The Labute approximate surface area is 125 Å². The fourth-order valence-electron chi connectivity index (χ4n) is 2.27. The summed E-state index contributed by atoms with van der Waals surface area (Å²) in [6, 6.07) is 7.46. The molecule has 0 aliphatic heterocycles. The molecule has 2 aromatic rings. The second kappa shape index (κ2) is 7.04. The minimum atomic E-state index is -0.0898. The van der Waals surface area contributed by atoms with E-state index in [1.54, 1.807) is 18.6 Å². The summed E-state index contributed by atoms with van der Waals surface area (Å²) in [6.07, 6.45) is 6.14. The van der Waals surface area contributed by atoms with Crippen LogP contribution in [0, 0.1) is 5.92 Å². The number of aromatic nitrogens is 2. The van der Waals surface area contributed by atoms with Gasteiger partial charge in [-0.05, 0) is 30.5 Å². The van der Waals surface area contributed by atoms with E-state index in [-0.39, 0.29) is 11.9 Å². The molecule has 1 aromatic carbocycles. The third-order valence-corrected chi connectivity index (χ3v) is 3.29. The molecule has 0 fully saturated rings. The van der Waals surface area contributed by atoms with Crippen molar-refractivity contribution in [2.75, 3.05) is 6.54 Å². The summed E-state index contributed by atoms with van der Waals surface area (Å²) >= 11 is 0. The molecule has 1 unspecified atom stereocenters. The number of nitrogens with one attached hydrogen (secondary N) is 1. The van der Waals surface area contributed by atoms with Crippen LogP contribution in [-0.2, 0) is 0 Å². The Bertz CT molecular complexity index is 578. The lowest BCUT2D eigenvalue weighted by molar-refractivity contribution is 0.0933. The van der Waals surface area contributed by atoms with Crippen molar-refractivity contribution in [3.05, 3.63) is 48.5 Å². The average Bonchev–Trinajstić information content (AvgIpc) is 3.00. The Hall–Kier alpha value is -2.14. The minimum absolute atomic E-state index is 0.00870. The van der Waals surface area contributed by atoms with Crippen molar-refractivity contribution < 1.29 is 4.79 Å². The van der Waals surface area contributed by atoms with Gasteiger partial charge in [-0.15, -0.1) is 0 Å². The van der Waals surface area contributed by atoms with Gasteiger partial charge in [0.2, 0.25) is 0 Å². The highest BCUT2D eigenvalue weighted by molar-refractivity contribution is 5.94. The summed E-state index contributed by atoms with van der Waals surface area (Å²) < 4.78 is 1.87. The largest absolute Gasteiger partial charge is 0.348 e. The van der Waals surface area contributed by atoms with E-state index in [0.717, 1.165) is 12.1 Å². The van der Waals surface area contributed by atoms with E-state index >= 15 is 0 Å². The molecule has 21 heavy (non-hydrogen) atoms. The molecule has 1 amide bonds. The van der Waals surface area contributed by atoms with E-state index < -0.39 is 0 Å². The van der Waals surface area contributed by atoms with Crippen molar-refractivity contribution in [2.24, 2.45) is 11.7 Å². The zero-order valence-electron chi connectivity index (χ0n) is 12.5. The molecule has 0 aliphatic rings. The molecule has 0 bridgehead atoms. The van der Waals surface area contributed by atoms with Gasteiger partial charge in [0.1, 0.15) is 0 Å². The fourth-order valence-corrected chi connectivity index (χ4v) is 2.27. The van der Waals surface area contributed by atoms with Crippen molar-refractivity contribution in [3.8, 4) is 5.69 Å². The van der Waals surface area contributed by atoms with E-state index in [0.29, 0.717) is 18.0 Å². The zero-order valence-corrected chi connectivity index (χ0v) is 12.5. The van der Waals surface area contributed by atoms with Gasteiger partial charge in [0.05, 0.1) is 6.33 Å². The van der Waals surface area contributed by atoms with Crippen LogP contribution >= 0.6 is 0 Å². The van der Waals surface area contributed by atoms with Crippen molar-refractivity contribution >= 4 is 5.91 Å². The van der Waals surface area contributed by atoms with Crippen LogP contribution in [0.5, 0.6) is 0 Å². The molecule has 1 aromatic heterocycles. The van der Waals surface area contributed by atoms with Gasteiger partial charge in [-0.1, -0.05) is 19.9 Å². The second-order valence-electron chi connectivity index (χ2n) is 5.56. The number of carbonyl (C=O) groups excluding carboxylic acids is 1. The number of imidazole rings is 1. The Morgan fingerprint density at radius 3 is 2.86 bits per heavy atom. The summed E-state index contributed by atoms with van der Waals surface area (Å²) in [6.45, 7) is 4.69. The third kappa shape index (κ3) is 4.16. The van der Waals surface area contributed by atoms with E-state index in [9.17, 15) is 4.79 Å². The molecule has 0 spiro atoms. The monoisotopic (exact) mass is 286 g/mol. The summed E-state index contributed by atoms with van der Waals surface area (Å²) in [5, 5.41) is 3.00. The number of nitrogens with two attached hydrogens (primary N) is 1. The summed E-state index contributed by atoms with van der Waals surface area (Å²) in [5.41, 5.74) is 7.27. The molecule has 5 heteroatoms. The van der Waals surface area contributed by atoms with Crippen molar-refractivity contribution in [1.29, 1.82) is 0 Å². The molecule has 0 saturated carbocycles. The maximum atomic E-state index is 12.3. The molecular formula is C16H22N4O. The summed E-state index contributed by atoms with van der Waals surface area (Å²) in [7, 11) is 0. The van der Waals surface area contributed by atoms with Gasteiger partial charge in [0, 0.05) is 36.2 Å². The Morgan fingerprint density at radius 1 is 1.43 bits per heavy atom. The number of rotatable bonds is 6. The summed E-state index contributed by atoms with van der Waals surface area (Å²) in [4.78, 5) is 16.3. The third-order valence-electron chi connectivity index (χ3n) is 3.29. The van der Waals surface area contributed by atoms with Crippen LogP contribution in [0.15, 0.2) is 43.0 Å². The van der Waals surface area contributed by atoms with Crippen molar-refractivity contribution in [2.45, 2.75) is 26.3 Å². The first-order valence-electron chi connectivity index (χ1n) is 7.19. The normalized spacial score (nSPS) is 12.4. The zero-order chi connectivity index (χ0) is 15.2. The van der Waals surface area contributed by atoms with Gasteiger partial charge in [-0.3, -0.25) is 4.79 Å². The molecule has 1 atom stereocenters. The first-order valence-corrected chi connectivity index (χ1v) is 7.19. The first-order chi connectivity index (χ1) is 10.1. The van der Waals surface area contributed by atoms with Gasteiger partial charge in [-0.2, -0.15) is 0 Å². The lowest BCUT2D eigenvalue weighted by Crippen LogP contribution is -2.41. The number of benzene rings is 1.